The second-order valence-electron chi connectivity index (χ2n) is 11.4. The summed E-state index contributed by atoms with van der Waals surface area (Å²) < 4.78 is 5.81. The third-order valence-corrected chi connectivity index (χ3v) is 12.0. The number of carboxylic acids is 1. The maximum absolute atomic E-state index is 13.3. The summed E-state index contributed by atoms with van der Waals surface area (Å²) in [5.74, 6) is -2.60. The number of imide groups is 1. The van der Waals surface area contributed by atoms with Crippen LogP contribution in [-0.2, 0) is 19.2 Å². The van der Waals surface area contributed by atoms with Crippen LogP contribution in [0, 0.1) is 29.6 Å². The van der Waals surface area contributed by atoms with Gasteiger partial charge in [-0.25, -0.2) is 0 Å². The molecule has 2 aliphatic carbocycles. The molecule has 5 aliphatic rings. The van der Waals surface area contributed by atoms with E-state index in [0.717, 1.165) is 59.1 Å². The maximum atomic E-state index is 13.3. The van der Waals surface area contributed by atoms with Crippen LogP contribution in [0.25, 0.3) is 0 Å². The van der Waals surface area contributed by atoms with Gasteiger partial charge in [0.15, 0.2) is 6.61 Å². The summed E-state index contributed by atoms with van der Waals surface area (Å²) in [6, 6.07) is 7.63. The number of carbonyl (C=O) groups is 4. The van der Waals surface area contributed by atoms with Crippen LogP contribution >= 0.6 is 23.1 Å². The first kappa shape index (κ1) is 25.8. The van der Waals surface area contributed by atoms with Gasteiger partial charge in [-0.05, 0) is 61.1 Å². The number of H-pyrrole nitrogens is 1. The van der Waals surface area contributed by atoms with Crippen LogP contribution in [0.5, 0.6) is 5.75 Å². The zero-order valence-corrected chi connectivity index (χ0v) is 23.2. The van der Waals surface area contributed by atoms with Crippen molar-refractivity contribution < 1.29 is 29.0 Å². The molecule has 2 saturated carbocycles. The molecule has 0 radical (unpaired) electrons. The van der Waals surface area contributed by atoms with Gasteiger partial charge in [-0.3, -0.25) is 28.9 Å². The highest BCUT2D eigenvalue weighted by atomic mass is 32.2. The third-order valence-electron chi connectivity index (χ3n) is 9.42. The largest absolute Gasteiger partial charge is 0.484 e. The van der Waals surface area contributed by atoms with E-state index in [-0.39, 0.29) is 58.1 Å². The van der Waals surface area contributed by atoms with Gasteiger partial charge >= 0.3 is 10.8 Å². The van der Waals surface area contributed by atoms with Crippen molar-refractivity contribution in [2.75, 3.05) is 26.2 Å². The summed E-state index contributed by atoms with van der Waals surface area (Å²) in [5, 5.41) is 10.1. The van der Waals surface area contributed by atoms with Crippen LogP contribution in [0.1, 0.15) is 42.0 Å². The molecular formula is C28H29N3O7S2. The fourth-order valence-corrected chi connectivity index (χ4v) is 10.8. The number of aromatic amines is 1. The van der Waals surface area contributed by atoms with Gasteiger partial charge in [0.25, 0.3) is 5.91 Å². The van der Waals surface area contributed by atoms with Gasteiger partial charge in [0.05, 0.1) is 16.9 Å². The van der Waals surface area contributed by atoms with Crippen LogP contribution in [0.4, 0.5) is 0 Å². The van der Waals surface area contributed by atoms with Crippen LogP contribution in [0.3, 0.4) is 0 Å². The van der Waals surface area contributed by atoms with E-state index < -0.39 is 24.3 Å². The molecule has 3 aliphatic heterocycles. The highest BCUT2D eigenvalue weighted by molar-refractivity contribution is 8.00. The van der Waals surface area contributed by atoms with E-state index in [1.165, 1.54) is 11.3 Å². The Hall–Kier alpha value is -3.12. The number of carboxylic acid groups (broad SMARTS) is 1. The van der Waals surface area contributed by atoms with Crippen molar-refractivity contribution >= 4 is 46.8 Å². The van der Waals surface area contributed by atoms with Gasteiger partial charge in [0.1, 0.15) is 12.3 Å². The lowest BCUT2D eigenvalue weighted by molar-refractivity contribution is -0.149. The van der Waals surface area contributed by atoms with Gasteiger partial charge in [-0.2, -0.15) is 0 Å². The predicted octanol–water partition coefficient (Wildman–Crippen LogP) is 2.39. The van der Waals surface area contributed by atoms with E-state index in [1.54, 1.807) is 11.8 Å². The molecule has 2 saturated heterocycles. The Labute approximate surface area is 238 Å². The van der Waals surface area contributed by atoms with Crippen LogP contribution < -0.4 is 9.61 Å². The number of benzene rings is 1. The molecule has 4 heterocycles. The highest BCUT2D eigenvalue weighted by Gasteiger charge is 2.69. The number of ether oxygens (including phenoxy) is 1. The Morgan fingerprint density at radius 2 is 1.70 bits per heavy atom. The van der Waals surface area contributed by atoms with E-state index in [2.05, 4.69) is 4.98 Å². The number of carbonyl (C=O) groups excluding carboxylic acids is 3. The standard InChI is InChI=1S/C28H29N3O7S2/c32-17(30-8-2-1-3-9-30)12-38-14-6-4-13(5-7-14)19-20-15-10-16(23(20)39-25-24(19)40-28(37)29-25)22-21(15)26(35)31(27(22)36)11-18(33)34/h4-7,15-16,19-23H,1-3,8-12H2,(H,29,37)(H,33,34)/t15?,16?,19-,20?,21?,22?,23?/m1/s1. The molecule has 2 bridgehead atoms. The monoisotopic (exact) mass is 583 g/mol. The number of fused-ring (bicyclic) bond motifs is 9. The molecule has 10 nitrogen and oxygen atoms in total. The molecule has 7 atom stereocenters. The predicted molar refractivity (Wildman–Crippen MR) is 145 cm³/mol. The lowest BCUT2D eigenvalue weighted by Crippen LogP contribution is -2.42. The molecule has 210 valence electrons. The fraction of sp³-hybridized carbons (Fsp3) is 0.536. The Balaban J connectivity index is 1.16. The van der Waals surface area contributed by atoms with Crippen molar-refractivity contribution in [3.63, 3.8) is 0 Å². The smallest absolute Gasteiger partial charge is 0.323 e. The Kier molecular flexibility index (Phi) is 6.30. The normalized spacial score (nSPS) is 32.1. The number of aromatic nitrogens is 1. The fourth-order valence-electron chi connectivity index (χ4n) is 7.89. The first-order chi connectivity index (χ1) is 19.3. The molecule has 0 spiro atoms. The van der Waals surface area contributed by atoms with E-state index in [4.69, 9.17) is 4.74 Å². The summed E-state index contributed by atoms with van der Waals surface area (Å²) in [7, 11) is 0. The zero-order chi connectivity index (χ0) is 27.7. The molecule has 12 heteroatoms. The third kappa shape index (κ3) is 4.01. The molecule has 2 aromatic rings. The van der Waals surface area contributed by atoms with E-state index >= 15 is 0 Å². The number of nitrogens with zero attached hydrogens (tertiary/aromatic N) is 2. The number of nitrogens with one attached hydrogen (secondary N) is 1. The quantitative estimate of drug-likeness (QED) is 0.495. The van der Waals surface area contributed by atoms with Gasteiger partial charge in [0.2, 0.25) is 11.8 Å². The lowest BCUT2D eigenvalue weighted by atomic mass is 9.68. The van der Waals surface area contributed by atoms with E-state index in [9.17, 15) is 29.1 Å². The zero-order valence-electron chi connectivity index (χ0n) is 21.6. The number of aliphatic carboxylic acids is 1. The minimum absolute atomic E-state index is 0.0104. The molecule has 7 rings (SSSR count). The summed E-state index contributed by atoms with van der Waals surface area (Å²) >= 11 is 2.78. The second-order valence-corrected chi connectivity index (χ2v) is 13.6. The molecule has 2 N–H and O–H groups in total. The lowest BCUT2D eigenvalue weighted by Gasteiger charge is -2.43. The molecule has 1 aromatic heterocycles. The van der Waals surface area contributed by atoms with Crippen LogP contribution in [0.15, 0.2) is 34.1 Å². The number of hydrogen-bond donors (Lipinski definition) is 2. The number of thiazole rings is 1. The Morgan fingerprint density at radius 3 is 2.40 bits per heavy atom. The molecular weight excluding hydrogens is 554 g/mol. The van der Waals surface area contributed by atoms with Crippen molar-refractivity contribution in [2.24, 2.45) is 29.6 Å². The summed E-state index contributed by atoms with van der Waals surface area (Å²) in [6.07, 6.45) is 3.94. The maximum Gasteiger partial charge on any atom is 0.323 e. The van der Waals surface area contributed by atoms with Crippen LogP contribution in [-0.4, -0.2) is 75.1 Å². The first-order valence-corrected chi connectivity index (χ1v) is 15.5. The SMILES string of the molecule is O=C(O)CN1C(=O)C2C3CC(C2C1=O)C1C3Sc2[nH]c(=O)sc2[C@@H]1c1ccc(OCC(=O)N2CCCCC2)cc1. The van der Waals surface area contributed by atoms with E-state index in [1.807, 2.05) is 29.2 Å². The van der Waals surface area contributed by atoms with Crippen LogP contribution in [0.2, 0.25) is 0 Å². The van der Waals surface area contributed by atoms with Crippen molar-refractivity contribution in [1.29, 1.82) is 0 Å². The van der Waals surface area contributed by atoms with Crippen molar-refractivity contribution in [3.8, 4) is 5.75 Å². The molecule has 40 heavy (non-hydrogen) atoms. The van der Waals surface area contributed by atoms with Gasteiger partial charge in [0, 0.05) is 29.1 Å². The topological polar surface area (TPSA) is 137 Å². The second kappa shape index (κ2) is 9.76. The number of piperidine rings is 1. The minimum Gasteiger partial charge on any atom is -0.484 e. The van der Waals surface area contributed by atoms with Crippen molar-refractivity contribution in [3.05, 3.63) is 44.4 Å². The van der Waals surface area contributed by atoms with Crippen molar-refractivity contribution in [1.82, 2.24) is 14.8 Å². The molecule has 4 fully saturated rings. The molecule has 3 amide bonds. The number of amides is 3. The molecule has 6 unspecified atom stereocenters. The Bertz CT molecular complexity index is 1450. The van der Waals surface area contributed by atoms with E-state index in [0.29, 0.717) is 5.75 Å². The van der Waals surface area contributed by atoms with Gasteiger partial charge in [-0.15, -0.1) is 11.8 Å². The number of rotatable bonds is 6. The summed E-state index contributed by atoms with van der Waals surface area (Å²) in [5.41, 5.74) is 0.991. The number of hydrogen-bond acceptors (Lipinski definition) is 8. The van der Waals surface area contributed by atoms with Gasteiger partial charge < -0.3 is 19.7 Å². The Morgan fingerprint density at radius 1 is 1.00 bits per heavy atom. The summed E-state index contributed by atoms with van der Waals surface area (Å²) in [4.78, 5) is 69.4. The average Bonchev–Trinajstić information content (AvgIpc) is 3.68. The first-order valence-electron chi connectivity index (χ1n) is 13.8. The highest BCUT2D eigenvalue weighted by Crippen LogP contribution is 2.68. The number of thioether (sulfide) groups is 1. The molecule has 1 aromatic carbocycles. The van der Waals surface area contributed by atoms with Gasteiger partial charge in [-0.1, -0.05) is 23.5 Å². The van der Waals surface area contributed by atoms with Crippen molar-refractivity contribution in [2.45, 2.75) is 41.9 Å². The summed E-state index contributed by atoms with van der Waals surface area (Å²) in [6.45, 7) is 0.941. The average molecular weight is 584 g/mol. The minimum atomic E-state index is -1.20. The number of likely N-dealkylation sites (tertiary alicyclic amines) is 2.